The van der Waals surface area contributed by atoms with Crippen molar-refractivity contribution in [3.05, 3.63) is 61.5 Å². The minimum Gasteiger partial charge on any atom is -0.378 e. The second-order valence-electron chi connectivity index (χ2n) is 4.50. The van der Waals surface area contributed by atoms with Gasteiger partial charge in [0.15, 0.2) is 0 Å². The van der Waals surface area contributed by atoms with Crippen LogP contribution < -0.4 is 5.32 Å². The number of benzene rings is 2. The Morgan fingerprint density at radius 1 is 1.16 bits per heavy atom. The Kier molecular flexibility index (Phi) is 4.93. The largest absolute Gasteiger partial charge is 0.378 e. The summed E-state index contributed by atoms with van der Waals surface area (Å²) in [5.74, 6) is 0. The van der Waals surface area contributed by atoms with Gasteiger partial charge >= 0.3 is 0 Å². The third-order valence-electron chi connectivity index (χ3n) is 2.97. The van der Waals surface area contributed by atoms with Gasteiger partial charge in [-0.2, -0.15) is 0 Å². The highest BCUT2D eigenvalue weighted by atomic mass is 79.9. The summed E-state index contributed by atoms with van der Waals surface area (Å²) < 4.78 is 2.11. The Balaban J connectivity index is 2.24. The lowest BCUT2D eigenvalue weighted by Crippen LogP contribution is -2.07. The van der Waals surface area contributed by atoms with Crippen LogP contribution in [0.5, 0.6) is 0 Å². The van der Waals surface area contributed by atoms with E-state index in [2.05, 4.69) is 56.2 Å². The summed E-state index contributed by atoms with van der Waals surface area (Å²) in [5, 5.41) is 4.24. The first-order valence-corrected chi connectivity index (χ1v) is 7.91. The maximum atomic E-state index is 6.17. The molecule has 0 aliphatic rings. The van der Waals surface area contributed by atoms with Crippen molar-refractivity contribution in [2.24, 2.45) is 0 Å². The van der Waals surface area contributed by atoms with Crippen LogP contribution in [0.15, 0.2) is 45.3 Å². The van der Waals surface area contributed by atoms with Gasteiger partial charge in [-0.15, -0.1) is 0 Å². The van der Waals surface area contributed by atoms with Crippen molar-refractivity contribution < 1.29 is 0 Å². The van der Waals surface area contributed by atoms with Gasteiger partial charge in [0.25, 0.3) is 0 Å². The standard InChI is InChI=1S/C15H14Br2ClN/c1-9-6-13(17)15(8-14(9)18)19-10(2)11-4-3-5-12(16)7-11/h3-8,10,19H,1-2H3. The molecule has 0 aliphatic carbocycles. The molecule has 1 atom stereocenters. The van der Waals surface area contributed by atoms with E-state index in [0.717, 1.165) is 25.2 Å². The van der Waals surface area contributed by atoms with E-state index in [9.17, 15) is 0 Å². The molecule has 0 heterocycles. The zero-order valence-electron chi connectivity index (χ0n) is 10.7. The summed E-state index contributed by atoms with van der Waals surface area (Å²) in [4.78, 5) is 0. The second kappa shape index (κ2) is 6.29. The maximum Gasteiger partial charge on any atom is 0.0504 e. The highest BCUT2D eigenvalue weighted by Gasteiger charge is 2.09. The molecular formula is C15H14Br2ClN. The van der Waals surface area contributed by atoms with Crippen LogP contribution in [-0.4, -0.2) is 0 Å². The third-order valence-corrected chi connectivity index (χ3v) is 4.53. The molecule has 0 aromatic heterocycles. The molecular weight excluding hydrogens is 389 g/mol. The maximum absolute atomic E-state index is 6.17. The molecule has 0 amide bonds. The van der Waals surface area contributed by atoms with Crippen LogP contribution in [0.4, 0.5) is 5.69 Å². The highest BCUT2D eigenvalue weighted by Crippen LogP contribution is 2.32. The van der Waals surface area contributed by atoms with Gasteiger partial charge in [0.05, 0.1) is 5.69 Å². The van der Waals surface area contributed by atoms with Gasteiger partial charge in [-0.3, -0.25) is 0 Å². The summed E-state index contributed by atoms with van der Waals surface area (Å²) in [5.41, 5.74) is 3.29. The number of nitrogens with one attached hydrogen (secondary N) is 1. The van der Waals surface area contributed by atoms with Gasteiger partial charge in [-0.1, -0.05) is 39.7 Å². The molecule has 0 radical (unpaired) electrons. The summed E-state index contributed by atoms with van der Waals surface area (Å²) in [7, 11) is 0. The predicted octanol–water partition coefficient (Wildman–Crippen LogP) is 6.35. The first kappa shape index (κ1) is 14.9. The molecule has 1 unspecified atom stereocenters. The quantitative estimate of drug-likeness (QED) is 0.630. The first-order valence-electron chi connectivity index (χ1n) is 5.95. The van der Waals surface area contributed by atoms with E-state index < -0.39 is 0 Å². The van der Waals surface area contributed by atoms with E-state index in [1.807, 2.05) is 31.2 Å². The molecule has 0 spiro atoms. The Hall–Kier alpha value is -0.510. The fourth-order valence-electron chi connectivity index (χ4n) is 1.85. The predicted molar refractivity (Wildman–Crippen MR) is 90.1 cm³/mol. The Morgan fingerprint density at radius 2 is 1.89 bits per heavy atom. The summed E-state index contributed by atoms with van der Waals surface area (Å²) in [6.45, 7) is 4.12. The molecule has 100 valence electrons. The molecule has 2 aromatic rings. The van der Waals surface area contributed by atoms with Gasteiger partial charge in [0.2, 0.25) is 0 Å². The van der Waals surface area contributed by atoms with Gasteiger partial charge < -0.3 is 5.32 Å². The monoisotopic (exact) mass is 401 g/mol. The third kappa shape index (κ3) is 3.74. The second-order valence-corrected chi connectivity index (χ2v) is 6.68. The molecule has 19 heavy (non-hydrogen) atoms. The molecule has 1 N–H and O–H groups in total. The Labute approximate surface area is 135 Å². The van der Waals surface area contributed by atoms with Crippen LogP contribution in [0.1, 0.15) is 24.1 Å². The van der Waals surface area contributed by atoms with Crippen molar-refractivity contribution in [3.63, 3.8) is 0 Å². The van der Waals surface area contributed by atoms with Crippen molar-refractivity contribution in [1.82, 2.24) is 0 Å². The zero-order valence-corrected chi connectivity index (χ0v) is 14.6. The molecule has 0 saturated carbocycles. The van der Waals surface area contributed by atoms with E-state index in [0.29, 0.717) is 0 Å². The van der Waals surface area contributed by atoms with Crippen LogP contribution in [0.3, 0.4) is 0 Å². The van der Waals surface area contributed by atoms with E-state index in [1.165, 1.54) is 5.56 Å². The molecule has 0 saturated heterocycles. The molecule has 1 nitrogen and oxygen atoms in total. The lowest BCUT2D eigenvalue weighted by Gasteiger charge is -2.18. The van der Waals surface area contributed by atoms with E-state index in [1.54, 1.807) is 0 Å². The summed E-state index contributed by atoms with van der Waals surface area (Å²) >= 11 is 13.2. The normalized spacial score (nSPS) is 12.3. The highest BCUT2D eigenvalue weighted by molar-refractivity contribution is 9.10. The zero-order chi connectivity index (χ0) is 14.0. The fourth-order valence-corrected chi connectivity index (χ4v) is 3.00. The van der Waals surface area contributed by atoms with Gasteiger partial charge in [-0.25, -0.2) is 0 Å². The Bertz CT molecular complexity index is 599. The molecule has 0 aliphatic heterocycles. The lowest BCUT2D eigenvalue weighted by atomic mass is 10.1. The molecule has 2 aromatic carbocycles. The average Bonchev–Trinajstić information content (AvgIpc) is 2.36. The fraction of sp³-hybridized carbons (Fsp3) is 0.200. The molecule has 0 fully saturated rings. The summed E-state index contributed by atoms with van der Waals surface area (Å²) in [6, 6.07) is 12.5. The van der Waals surface area contributed by atoms with E-state index in [4.69, 9.17) is 11.6 Å². The summed E-state index contributed by atoms with van der Waals surface area (Å²) in [6.07, 6.45) is 0. The van der Waals surface area contributed by atoms with Crippen LogP contribution >= 0.6 is 43.5 Å². The number of aryl methyl sites for hydroxylation is 1. The minimum absolute atomic E-state index is 0.201. The first-order chi connectivity index (χ1) is 8.97. The van der Waals surface area contributed by atoms with Crippen molar-refractivity contribution in [1.29, 1.82) is 0 Å². The molecule has 0 bridgehead atoms. The number of anilines is 1. The number of rotatable bonds is 3. The molecule has 2 rings (SSSR count). The van der Waals surface area contributed by atoms with E-state index in [-0.39, 0.29) is 6.04 Å². The lowest BCUT2D eigenvalue weighted by molar-refractivity contribution is 0.882. The topological polar surface area (TPSA) is 12.0 Å². The van der Waals surface area contributed by atoms with Crippen molar-refractivity contribution in [2.45, 2.75) is 19.9 Å². The van der Waals surface area contributed by atoms with Crippen LogP contribution in [0.25, 0.3) is 0 Å². The van der Waals surface area contributed by atoms with Crippen LogP contribution in [-0.2, 0) is 0 Å². The van der Waals surface area contributed by atoms with Gasteiger partial charge in [-0.05, 0) is 65.2 Å². The number of halogens is 3. The SMILES string of the molecule is Cc1cc(Br)c(NC(C)c2cccc(Br)c2)cc1Cl. The minimum atomic E-state index is 0.201. The van der Waals surface area contributed by atoms with Gasteiger partial charge in [0, 0.05) is 20.0 Å². The number of hydrogen-bond donors (Lipinski definition) is 1. The van der Waals surface area contributed by atoms with Crippen molar-refractivity contribution >= 4 is 49.1 Å². The smallest absolute Gasteiger partial charge is 0.0504 e. The van der Waals surface area contributed by atoms with Crippen LogP contribution in [0, 0.1) is 6.92 Å². The van der Waals surface area contributed by atoms with Crippen LogP contribution in [0.2, 0.25) is 5.02 Å². The average molecular weight is 404 g/mol. The Morgan fingerprint density at radius 3 is 2.58 bits per heavy atom. The van der Waals surface area contributed by atoms with Crippen molar-refractivity contribution in [2.75, 3.05) is 5.32 Å². The molecule has 4 heteroatoms. The van der Waals surface area contributed by atoms with Crippen molar-refractivity contribution in [3.8, 4) is 0 Å². The number of hydrogen-bond acceptors (Lipinski definition) is 1. The van der Waals surface area contributed by atoms with E-state index >= 15 is 0 Å². The van der Waals surface area contributed by atoms with Gasteiger partial charge in [0.1, 0.15) is 0 Å².